The minimum absolute atomic E-state index is 0.000883. The van der Waals surface area contributed by atoms with Crippen LogP contribution in [0.15, 0.2) is 60.7 Å². The van der Waals surface area contributed by atoms with Crippen molar-refractivity contribution in [3.63, 3.8) is 0 Å². The monoisotopic (exact) mass is 484 g/mol. The van der Waals surface area contributed by atoms with Gasteiger partial charge in [0.2, 0.25) is 0 Å². The Labute approximate surface area is 198 Å². The van der Waals surface area contributed by atoms with E-state index in [9.17, 15) is 18.6 Å². The third-order valence-corrected chi connectivity index (χ3v) is 6.93. The number of para-hydroxylation sites is 1. The Morgan fingerprint density at radius 2 is 1.79 bits per heavy atom. The molecule has 3 aromatic carbocycles. The van der Waals surface area contributed by atoms with Crippen LogP contribution >= 0.6 is 0 Å². The summed E-state index contributed by atoms with van der Waals surface area (Å²) in [6, 6.07) is 18.4. The van der Waals surface area contributed by atoms with E-state index >= 15 is 0 Å². The van der Waals surface area contributed by atoms with Crippen LogP contribution in [0.3, 0.4) is 0 Å². The van der Waals surface area contributed by atoms with Gasteiger partial charge in [-0.25, -0.2) is 0 Å². The normalized spacial score (nSPS) is 12.9. The minimum Gasteiger partial charge on any atom is -0.506 e. The summed E-state index contributed by atoms with van der Waals surface area (Å²) in [5.74, 6) is 0.521. The molecule has 9 nitrogen and oxygen atoms in total. The van der Waals surface area contributed by atoms with Gasteiger partial charge in [0, 0.05) is 49.5 Å². The second-order valence-electron chi connectivity index (χ2n) is 8.11. The van der Waals surface area contributed by atoms with Crippen LogP contribution < -0.4 is 14.8 Å². The summed E-state index contributed by atoms with van der Waals surface area (Å²) in [5.41, 5.74) is 2.56. The third kappa shape index (κ3) is 5.26. The van der Waals surface area contributed by atoms with Crippen molar-refractivity contribution in [2.24, 2.45) is 0 Å². The molecule has 0 saturated heterocycles. The number of benzene rings is 3. The molecule has 1 aromatic heterocycles. The van der Waals surface area contributed by atoms with Crippen LogP contribution in [0.2, 0.25) is 0 Å². The number of H-pyrrole nitrogens is 1. The second kappa shape index (κ2) is 9.90. The maximum absolute atomic E-state index is 12.0. The van der Waals surface area contributed by atoms with E-state index in [0.717, 1.165) is 26.5 Å². The lowest BCUT2D eigenvalue weighted by Crippen LogP contribution is -2.29. The largest absolute Gasteiger partial charge is 0.506 e. The van der Waals surface area contributed by atoms with E-state index in [1.165, 1.54) is 31.6 Å². The number of aromatic hydroxyl groups is 1. The minimum atomic E-state index is -3.78. The molecule has 0 amide bonds. The Balaban J connectivity index is 1.29. The van der Waals surface area contributed by atoms with Gasteiger partial charge in [-0.15, -0.1) is 0 Å². The first-order chi connectivity index (χ1) is 16.2. The van der Waals surface area contributed by atoms with Crippen molar-refractivity contribution < 1.29 is 23.4 Å². The molecule has 180 valence electrons. The lowest BCUT2D eigenvalue weighted by atomic mass is 10.1. The fourth-order valence-corrected chi connectivity index (χ4v) is 4.22. The van der Waals surface area contributed by atoms with Crippen molar-refractivity contribution in [3.8, 4) is 11.5 Å². The highest BCUT2D eigenvalue weighted by molar-refractivity contribution is 7.90. The van der Waals surface area contributed by atoms with Gasteiger partial charge in [-0.3, -0.25) is 4.72 Å². The summed E-state index contributed by atoms with van der Waals surface area (Å²) in [6.07, 6.45) is -0.897. The van der Waals surface area contributed by atoms with Gasteiger partial charge in [0.05, 0.1) is 17.3 Å². The average Bonchev–Trinajstić information content (AvgIpc) is 3.17. The molecule has 0 radical (unpaired) electrons. The van der Waals surface area contributed by atoms with Gasteiger partial charge in [0.15, 0.2) is 0 Å². The summed E-state index contributed by atoms with van der Waals surface area (Å²) in [7, 11) is -1.03. The molecule has 0 aliphatic heterocycles. The predicted octanol–water partition coefficient (Wildman–Crippen LogP) is 2.95. The Bertz CT molecular complexity index is 1400. The number of phenolic OH excluding ortho intramolecular Hbond substituents is 1. The van der Waals surface area contributed by atoms with Crippen LogP contribution in [0, 0.1) is 0 Å². The van der Waals surface area contributed by atoms with Crippen molar-refractivity contribution >= 4 is 37.7 Å². The quantitative estimate of drug-likeness (QED) is 0.174. The van der Waals surface area contributed by atoms with Gasteiger partial charge in [-0.05, 0) is 35.9 Å². The zero-order chi connectivity index (χ0) is 24.3. The van der Waals surface area contributed by atoms with Gasteiger partial charge in [0.1, 0.15) is 18.1 Å². The number of nitrogens with zero attached hydrogens (tertiary/aromatic N) is 1. The van der Waals surface area contributed by atoms with Crippen molar-refractivity contribution in [1.29, 1.82) is 0 Å². The molecule has 1 heterocycles. The highest BCUT2D eigenvalue weighted by Gasteiger charge is 2.17. The molecule has 4 rings (SSSR count). The summed E-state index contributed by atoms with van der Waals surface area (Å²) in [5, 5.41) is 25.9. The van der Waals surface area contributed by atoms with Crippen LogP contribution in [0.1, 0.15) is 11.7 Å². The van der Waals surface area contributed by atoms with Crippen LogP contribution in [-0.4, -0.2) is 61.7 Å². The van der Waals surface area contributed by atoms with E-state index in [2.05, 4.69) is 21.1 Å². The molecule has 10 heteroatoms. The molecule has 0 saturated carbocycles. The van der Waals surface area contributed by atoms with Crippen molar-refractivity contribution in [3.05, 3.63) is 66.2 Å². The standard InChI is InChI=1S/C24H28N4O5S/c1-28(2)34(31,32)27-22-13-16(7-10-23(22)29)24(30)15-25-11-12-33-17-8-9-19-18-5-3-4-6-20(18)26-21(19)14-17/h3-10,13-14,24-27,29-30H,11-12,15H2,1-2H3/t24-/m1/s1. The predicted molar refractivity (Wildman–Crippen MR) is 133 cm³/mol. The molecule has 0 aliphatic carbocycles. The summed E-state index contributed by atoms with van der Waals surface area (Å²) >= 11 is 0. The highest BCUT2D eigenvalue weighted by Crippen LogP contribution is 2.29. The van der Waals surface area contributed by atoms with E-state index < -0.39 is 16.3 Å². The number of aromatic amines is 1. The number of aliphatic hydroxyl groups excluding tert-OH is 1. The number of aliphatic hydroxyl groups is 1. The number of nitrogens with one attached hydrogen (secondary N) is 3. The number of phenols is 1. The van der Waals surface area contributed by atoms with Crippen LogP contribution in [0.25, 0.3) is 21.8 Å². The number of anilines is 1. The molecule has 0 bridgehead atoms. The second-order valence-corrected chi connectivity index (χ2v) is 10.00. The molecular weight excluding hydrogens is 456 g/mol. The molecule has 0 unspecified atom stereocenters. The summed E-state index contributed by atoms with van der Waals surface area (Å²) in [6.45, 7) is 1.14. The molecule has 0 spiro atoms. The Morgan fingerprint density at radius 3 is 2.59 bits per heavy atom. The van der Waals surface area contributed by atoms with Gasteiger partial charge < -0.3 is 25.3 Å². The SMILES string of the molecule is CN(C)S(=O)(=O)Nc1cc([C@H](O)CNCCOc2ccc3c(c2)[nH]c2ccccc23)ccc1O. The maximum atomic E-state index is 12.0. The van der Waals surface area contributed by atoms with Crippen LogP contribution in [-0.2, 0) is 10.2 Å². The first-order valence-corrected chi connectivity index (χ1v) is 12.2. The van der Waals surface area contributed by atoms with Gasteiger partial charge >= 0.3 is 10.2 Å². The first-order valence-electron chi connectivity index (χ1n) is 10.8. The fourth-order valence-electron chi connectivity index (χ4n) is 3.59. The Kier molecular flexibility index (Phi) is 6.94. The van der Waals surface area contributed by atoms with E-state index in [1.807, 2.05) is 36.4 Å². The van der Waals surface area contributed by atoms with Crippen molar-refractivity contribution in [2.75, 3.05) is 38.5 Å². The average molecular weight is 485 g/mol. The number of aromatic nitrogens is 1. The third-order valence-electron chi connectivity index (χ3n) is 5.49. The lowest BCUT2D eigenvalue weighted by Gasteiger charge is -2.17. The number of rotatable bonds is 10. The van der Waals surface area contributed by atoms with E-state index in [-0.39, 0.29) is 18.0 Å². The molecule has 5 N–H and O–H groups in total. The van der Waals surface area contributed by atoms with Gasteiger partial charge in [-0.2, -0.15) is 12.7 Å². The van der Waals surface area contributed by atoms with Crippen molar-refractivity contribution in [1.82, 2.24) is 14.6 Å². The smallest absolute Gasteiger partial charge is 0.301 e. The highest BCUT2D eigenvalue weighted by atomic mass is 32.2. The lowest BCUT2D eigenvalue weighted by molar-refractivity contribution is 0.172. The molecule has 34 heavy (non-hydrogen) atoms. The fraction of sp³-hybridized carbons (Fsp3) is 0.250. The van der Waals surface area contributed by atoms with Crippen molar-refractivity contribution in [2.45, 2.75) is 6.10 Å². The number of ether oxygens (including phenoxy) is 1. The molecule has 4 aromatic rings. The van der Waals surface area contributed by atoms with Gasteiger partial charge in [0.25, 0.3) is 0 Å². The molecule has 0 fully saturated rings. The number of hydrogen-bond acceptors (Lipinski definition) is 6. The zero-order valence-electron chi connectivity index (χ0n) is 18.9. The molecule has 1 atom stereocenters. The number of fused-ring (bicyclic) bond motifs is 3. The zero-order valence-corrected chi connectivity index (χ0v) is 19.8. The Morgan fingerprint density at radius 1 is 1.03 bits per heavy atom. The summed E-state index contributed by atoms with van der Waals surface area (Å²) < 4.78 is 33.2. The van der Waals surface area contributed by atoms with E-state index in [4.69, 9.17) is 4.74 Å². The molecular formula is C24H28N4O5S. The first kappa shape index (κ1) is 23.8. The maximum Gasteiger partial charge on any atom is 0.301 e. The molecule has 0 aliphatic rings. The topological polar surface area (TPSA) is 127 Å². The Hall–Kier alpha value is -3.31. The van der Waals surface area contributed by atoms with E-state index in [0.29, 0.717) is 18.7 Å². The van der Waals surface area contributed by atoms with Crippen LogP contribution in [0.5, 0.6) is 11.5 Å². The van der Waals surface area contributed by atoms with E-state index in [1.54, 1.807) is 6.07 Å². The number of hydrogen-bond donors (Lipinski definition) is 5. The van der Waals surface area contributed by atoms with Crippen LogP contribution in [0.4, 0.5) is 5.69 Å². The van der Waals surface area contributed by atoms with Gasteiger partial charge in [-0.1, -0.05) is 24.3 Å². The summed E-state index contributed by atoms with van der Waals surface area (Å²) in [4.78, 5) is 3.39.